The predicted octanol–water partition coefficient (Wildman–Crippen LogP) is 12.4. The van der Waals surface area contributed by atoms with E-state index in [1.807, 2.05) is 0 Å². The Morgan fingerprint density at radius 2 is 0.654 bits per heavy atom. The van der Waals surface area contributed by atoms with Crippen molar-refractivity contribution >= 4 is 11.8 Å². The first-order chi connectivity index (χ1) is 25.6. The van der Waals surface area contributed by atoms with Crippen LogP contribution in [0.4, 0.5) is 0 Å². The summed E-state index contributed by atoms with van der Waals surface area (Å²) in [5, 5.41) is 3.73. The SMILES string of the molecule is NCC(CCCCCCCCC=CCCCCCCCCCCCC(N)=O)NCCCCCCCCC=CCCCCCCCCCCCC(N)=O. The predicted molar refractivity (Wildman–Crippen MR) is 228 cm³/mol. The van der Waals surface area contributed by atoms with E-state index < -0.39 is 0 Å². The van der Waals surface area contributed by atoms with Crippen molar-refractivity contribution in [3.8, 4) is 0 Å². The summed E-state index contributed by atoms with van der Waals surface area (Å²) in [7, 11) is 0. The number of amides is 2. The normalized spacial score (nSPS) is 12.4. The van der Waals surface area contributed by atoms with E-state index in [0.717, 1.165) is 38.8 Å². The minimum atomic E-state index is -0.161. The largest absolute Gasteiger partial charge is 0.370 e. The Labute approximate surface area is 324 Å². The molecule has 1 atom stereocenters. The van der Waals surface area contributed by atoms with Gasteiger partial charge in [0.25, 0.3) is 0 Å². The molecule has 0 aromatic rings. The van der Waals surface area contributed by atoms with Crippen LogP contribution in [0.2, 0.25) is 0 Å². The summed E-state index contributed by atoms with van der Waals surface area (Å²) in [6, 6.07) is 0.499. The molecule has 0 aromatic carbocycles. The van der Waals surface area contributed by atoms with Gasteiger partial charge in [0.2, 0.25) is 11.8 Å². The Balaban J connectivity index is 3.33. The highest BCUT2D eigenvalue weighted by Crippen LogP contribution is 2.15. The van der Waals surface area contributed by atoms with Crippen LogP contribution in [0.15, 0.2) is 24.3 Å². The highest BCUT2D eigenvalue weighted by molar-refractivity contribution is 5.73. The molecule has 0 bridgehead atoms. The summed E-state index contributed by atoms with van der Waals surface area (Å²) in [4.78, 5) is 21.5. The van der Waals surface area contributed by atoms with Crippen LogP contribution in [-0.2, 0) is 9.59 Å². The monoisotopic (exact) mass is 731 g/mol. The molecule has 52 heavy (non-hydrogen) atoms. The van der Waals surface area contributed by atoms with Crippen LogP contribution >= 0.6 is 0 Å². The molecule has 0 rings (SSSR count). The quantitative estimate of drug-likeness (QED) is 0.0368. The van der Waals surface area contributed by atoms with Gasteiger partial charge in [0.15, 0.2) is 0 Å². The van der Waals surface area contributed by atoms with Gasteiger partial charge < -0.3 is 22.5 Å². The van der Waals surface area contributed by atoms with Crippen molar-refractivity contribution < 1.29 is 9.59 Å². The summed E-state index contributed by atoms with van der Waals surface area (Å²) in [5.74, 6) is -0.322. The fourth-order valence-corrected chi connectivity index (χ4v) is 7.13. The molecule has 6 heteroatoms. The molecule has 1 unspecified atom stereocenters. The van der Waals surface area contributed by atoms with Gasteiger partial charge in [-0.2, -0.15) is 0 Å². The Hall–Kier alpha value is -1.66. The number of unbranched alkanes of at least 4 members (excludes halogenated alkanes) is 30. The molecule has 6 nitrogen and oxygen atoms in total. The van der Waals surface area contributed by atoms with E-state index in [1.165, 1.54) is 199 Å². The molecular weight excluding hydrogens is 641 g/mol. The van der Waals surface area contributed by atoms with E-state index >= 15 is 0 Å². The lowest BCUT2D eigenvalue weighted by Gasteiger charge is -2.16. The van der Waals surface area contributed by atoms with Gasteiger partial charge in [0.1, 0.15) is 0 Å². The smallest absolute Gasteiger partial charge is 0.217 e. The van der Waals surface area contributed by atoms with E-state index in [2.05, 4.69) is 29.6 Å². The van der Waals surface area contributed by atoms with Crippen LogP contribution in [0.25, 0.3) is 0 Å². The number of hydrogen-bond donors (Lipinski definition) is 4. The minimum Gasteiger partial charge on any atom is -0.370 e. The number of hydrogen-bond acceptors (Lipinski definition) is 4. The van der Waals surface area contributed by atoms with Crippen LogP contribution in [0.3, 0.4) is 0 Å². The van der Waals surface area contributed by atoms with Crippen molar-refractivity contribution in [2.75, 3.05) is 13.1 Å². The number of allylic oxidation sites excluding steroid dienone is 4. The second kappa shape index (κ2) is 43.7. The van der Waals surface area contributed by atoms with Gasteiger partial charge in [-0.05, 0) is 83.6 Å². The maximum absolute atomic E-state index is 10.7. The molecule has 0 radical (unpaired) electrons. The van der Waals surface area contributed by atoms with E-state index in [0.29, 0.717) is 18.9 Å². The second-order valence-electron chi connectivity index (χ2n) is 15.8. The van der Waals surface area contributed by atoms with Crippen LogP contribution in [-0.4, -0.2) is 30.9 Å². The zero-order valence-electron chi connectivity index (χ0n) is 34.5. The van der Waals surface area contributed by atoms with Crippen molar-refractivity contribution in [3.63, 3.8) is 0 Å². The zero-order valence-corrected chi connectivity index (χ0v) is 34.5. The third-order valence-electron chi connectivity index (χ3n) is 10.6. The summed E-state index contributed by atoms with van der Waals surface area (Å²) < 4.78 is 0. The summed E-state index contributed by atoms with van der Waals surface area (Å²) in [6.45, 7) is 1.89. The zero-order chi connectivity index (χ0) is 37.8. The van der Waals surface area contributed by atoms with E-state index in [1.54, 1.807) is 0 Å². The average Bonchev–Trinajstić information content (AvgIpc) is 3.13. The third-order valence-corrected chi connectivity index (χ3v) is 10.6. The topological polar surface area (TPSA) is 124 Å². The van der Waals surface area contributed by atoms with Crippen molar-refractivity contribution in [1.29, 1.82) is 0 Å². The van der Waals surface area contributed by atoms with Crippen molar-refractivity contribution in [2.45, 2.75) is 244 Å². The van der Waals surface area contributed by atoms with Crippen LogP contribution < -0.4 is 22.5 Å². The van der Waals surface area contributed by atoms with Gasteiger partial charge in [-0.1, -0.05) is 172 Å². The van der Waals surface area contributed by atoms with Crippen molar-refractivity contribution in [3.05, 3.63) is 24.3 Å². The number of rotatable bonds is 44. The first-order valence-corrected chi connectivity index (χ1v) is 22.9. The second-order valence-corrected chi connectivity index (χ2v) is 15.8. The third kappa shape index (κ3) is 44.5. The van der Waals surface area contributed by atoms with E-state index in [-0.39, 0.29) is 11.8 Å². The molecule has 0 aliphatic carbocycles. The molecular formula is C46H90N4O2. The molecule has 0 aliphatic rings. The van der Waals surface area contributed by atoms with Gasteiger partial charge in [-0.3, -0.25) is 9.59 Å². The van der Waals surface area contributed by atoms with Gasteiger partial charge in [-0.25, -0.2) is 0 Å². The minimum absolute atomic E-state index is 0.161. The molecule has 0 heterocycles. The number of primary amides is 2. The number of carbonyl (C=O) groups excluding carboxylic acids is 2. The lowest BCUT2D eigenvalue weighted by molar-refractivity contribution is -0.119. The van der Waals surface area contributed by atoms with Crippen molar-refractivity contribution in [2.24, 2.45) is 17.2 Å². The Morgan fingerprint density at radius 3 is 0.962 bits per heavy atom. The number of carbonyl (C=O) groups is 2. The molecule has 0 aliphatic heterocycles. The van der Waals surface area contributed by atoms with E-state index in [4.69, 9.17) is 17.2 Å². The molecule has 0 aromatic heterocycles. The van der Waals surface area contributed by atoms with Crippen LogP contribution in [0.1, 0.15) is 238 Å². The molecule has 7 N–H and O–H groups in total. The number of nitrogens with one attached hydrogen (secondary N) is 1. The Kier molecular flexibility index (Phi) is 42.3. The first kappa shape index (κ1) is 50.3. The maximum Gasteiger partial charge on any atom is 0.217 e. The Morgan fingerprint density at radius 1 is 0.385 bits per heavy atom. The molecule has 0 spiro atoms. The first-order valence-electron chi connectivity index (χ1n) is 22.9. The van der Waals surface area contributed by atoms with Gasteiger partial charge >= 0.3 is 0 Å². The van der Waals surface area contributed by atoms with Crippen LogP contribution in [0.5, 0.6) is 0 Å². The van der Waals surface area contributed by atoms with Crippen molar-refractivity contribution in [1.82, 2.24) is 5.32 Å². The lowest BCUT2D eigenvalue weighted by Crippen LogP contribution is -2.36. The standard InChI is InChI=1S/C46H90N4O2/c47-43-44(39-35-31-27-23-19-15-11-7-3-1-4-8-12-16-20-24-28-32-36-40-45(48)51)50-42-38-34-30-26-22-18-14-10-6-2-5-9-13-17-21-25-29-33-37-41-46(49)52/h3,6-7,10,44,50H,1-2,4-5,8-9,11-43,47H2,(H2,48,51)(H2,49,52). The molecule has 306 valence electrons. The van der Waals surface area contributed by atoms with Gasteiger partial charge in [0, 0.05) is 25.4 Å². The maximum atomic E-state index is 10.7. The summed E-state index contributed by atoms with van der Waals surface area (Å²) in [5.41, 5.74) is 16.4. The fraction of sp³-hybridized carbons (Fsp3) is 0.870. The number of nitrogens with two attached hydrogens (primary N) is 3. The van der Waals surface area contributed by atoms with Gasteiger partial charge in [0.05, 0.1) is 0 Å². The highest BCUT2D eigenvalue weighted by Gasteiger charge is 2.05. The summed E-state index contributed by atoms with van der Waals surface area (Å²) in [6.07, 6.45) is 56.0. The van der Waals surface area contributed by atoms with E-state index in [9.17, 15) is 9.59 Å². The lowest BCUT2D eigenvalue weighted by atomic mass is 10.0. The summed E-state index contributed by atoms with van der Waals surface area (Å²) >= 11 is 0. The molecule has 0 fully saturated rings. The van der Waals surface area contributed by atoms with Gasteiger partial charge in [-0.15, -0.1) is 0 Å². The molecule has 2 amide bonds. The highest BCUT2D eigenvalue weighted by atomic mass is 16.1. The Bertz CT molecular complexity index is 799. The fourth-order valence-electron chi connectivity index (χ4n) is 7.13. The average molecular weight is 731 g/mol. The van der Waals surface area contributed by atoms with Crippen LogP contribution in [0, 0.1) is 0 Å². The molecule has 0 saturated carbocycles. The molecule has 0 saturated heterocycles.